The topological polar surface area (TPSA) is 9.23 Å². The van der Waals surface area contributed by atoms with E-state index in [0.717, 1.165) is 6.61 Å². The van der Waals surface area contributed by atoms with Crippen molar-refractivity contribution < 1.29 is 4.43 Å². The smallest absolute Gasteiger partial charge is 0.218 e. The Morgan fingerprint density at radius 2 is 1.75 bits per heavy atom. The number of hydrogen-bond acceptors (Lipinski definition) is 1. The third-order valence-corrected chi connectivity index (χ3v) is 11.9. The van der Waals surface area contributed by atoms with Crippen molar-refractivity contribution in [2.75, 3.05) is 6.61 Å². The van der Waals surface area contributed by atoms with E-state index in [2.05, 4.69) is 93.0 Å². The Morgan fingerprint density at radius 3 is 2.43 bits per heavy atom. The van der Waals surface area contributed by atoms with Crippen LogP contribution in [0.2, 0.25) is 31.2 Å². The lowest BCUT2D eigenvalue weighted by atomic mass is 9.94. The molecule has 0 aromatic heterocycles. The molecule has 1 aliphatic rings. The second-order valence-corrected chi connectivity index (χ2v) is 16.3. The van der Waals surface area contributed by atoms with Gasteiger partial charge in [-0.05, 0) is 61.8 Å². The minimum Gasteiger partial charge on any atom is -0.413 e. The van der Waals surface area contributed by atoms with Crippen molar-refractivity contribution >= 4 is 22.3 Å². The van der Waals surface area contributed by atoms with Gasteiger partial charge >= 0.3 is 0 Å². The molecular weight excluding hydrogens is 372 g/mol. The first-order valence-electron chi connectivity index (χ1n) is 11.2. The summed E-state index contributed by atoms with van der Waals surface area (Å²) in [6, 6.07) is 10.7. The fourth-order valence-electron chi connectivity index (χ4n) is 3.96. The van der Waals surface area contributed by atoms with Gasteiger partial charge in [-0.2, -0.15) is 0 Å². The van der Waals surface area contributed by atoms with Crippen LogP contribution in [0, 0.1) is 0 Å². The van der Waals surface area contributed by atoms with Gasteiger partial charge in [0.25, 0.3) is 0 Å². The number of benzene rings is 1. The zero-order valence-corrected chi connectivity index (χ0v) is 20.6. The molecule has 154 valence electrons. The van der Waals surface area contributed by atoms with Crippen LogP contribution in [0.25, 0.3) is 0 Å². The minimum absolute atomic E-state index is 0.506. The van der Waals surface area contributed by atoms with Crippen LogP contribution < -0.4 is 5.19 Å². The zero-order chi connectivity index (χ0) is 20.3. The number of hydrogen-bond donors (Lipinski definition) is 0. The average Bonchev–Trinajstić information content (AvgIpc) is 2.70. The van der Waals surface area contributed by atoms with Crippen LogP contribution >= 0.6 is 0 Å². The van der Waals surface area contributed by atoms with Crippen molar-refractivity contribution in [1.29, 1.82) is 0 Å². The molecule has 3 heteroatoms. The summed E-state index contributed by atoms with van der Waals surface area (Å²) in [6.45, 7) is 10.5. The van der Waals surface area contributed by atoms with Gasteiger partial charge in [-0.3, -0.25) is 0 Å². The maximum Gasteiger partial charge on any atom is 0.218 e. The van der Waals surface area contributed by atoms with Crippen LogP contribution in [0.5, 0.6) is 0 Å². The summed E-state index contributed by atoms with van der Waals surface area (Å²) >= 11 is 0. The highest BCUT2D eigenvalue weighted by atomic mass is 28.4. The third kappa shape index (κ3) is 7.34. The fraction of sp³-hybridized carbons (Fsp3) is 0.520. The molecule has 0 bridgehead atoms. The van der Waals surface area contributed by atoms with E-state index < -0.39 is 17.1 Å². The van der Waals surface area contributed by atoms with Crippen LogP contribution in [0.4, 0.5) is 0 Å². The largest absolute Gasteiger partial charge is 0.413 e. The average molecular weight is 413 g/mol. The van der Waals surface area contributed by atoms with Gasteiger partial charge in [-0.1, -0.05) is 86.3 Å². The van der Waals surface area contributed by atoms with E-state index in [1.807, 2.05) is 0 Å². The van der Waals surface area contributed by atoms with Crippen LogP contribution in [-0.4, -0.2) is 23.7 Å². The summed E-state index contributed by atoms with van der Waals surface area (Å²) in [7, 11) is -2.41. The molecular formula is C25H40OSi2. The highest BCUT2D eigenvalue weighted by molar-refractivity contribution is 6.84. The molecule has 1 unspecified atom stereocenters. The lowest BCUT2D eigenvalue weighted by molar-refractivity contribution is 0.303. The highest BCUT2D eigenvalue weighted by Crippen LogP contribution is 2.43. The predicted molar refractivity (Wildman–Crippen MR) is 131 cm³/mol. The van der Waals surface area contributed by atoms with Crippen LogP contribution in [-0.2, 0) is 4.43 Å². The summed E-state index contributed by atoms with van der Waals surface area (Å²) in [4.78, 5) is 0. The van der Waals surface area contributed by atoms with Gasteiger partial charge in [0.2, 0.25) is 8.32 Å². The Kier molecular flexibility index (Phi) is 9.69. The first-order chi connectivity index (χ1) is 13.5. The fourth-order valence-corrected chi connectivity index (χ4v) is 7.63. The molecule has 0 saturated carbocycles. The van der Waals surface area contributed by atoms with Gasteiger partial charge in [-0.15, -0.1) is 0 Å². The molecule has 1 atom stereocenters. The number of rotatable bonds is 12. The van der Waals surface area contributed by atoms with Crippen molar-refractivity contribution in [3.05, 3.63) is 66.8 Å². The van der Waals surface area contributed by atoms with Crippen LogP contribution in [0.15, 0.2) is 66.8 Å². The van der Waals surface area contributed by atoms with Crippen molar-refractivity contribution in [3.8, 4) is 0 Å². The van der Waals surface area contributed by atoms with Crippen molar-refractivity contribution in [1.82, 2.24) is 0 Å². The lowest BCUT2D eigenvalue weighted by Gasteiger charge is -2.34. The lowest BCUT2D eigenvalue weighted by Crippen LogP contribution is -2.44. The van der Waals surface area contributed by atoms with E-state index in [1.54, 1.807) is 0 Å². The summed E-state index contributed by atoms with van der Waals surface area (Å²) in [5.41, 5.74) is 0. The molecule has 28 heavy (non-hydrogen) atoms. The second kappa shape index (κ2) is 11.7. The van der Waals surface area contributed by atoms with Gasteiger partial charge in [0.05, 0.1) is 0 Å². The van der Waals surface area contributed by atoms with E-state index in [1.165, 1.54) is 50.1 Å². The van der Waals surface area contributed by atoms with Gasteiger partial charge < -0.3 is 4.43 Å². The monoisotopic (exact) mass is 412 g/mol. The summed E-state index contributed by atoms with van der Waals surface area (Å²) in [5, 5.41) is 1.90. The van der Waals surface area contributed by atoms with E-state index in [4.69, 9.17) is 4.43 Å². The van der Waals surface area contributed by atoms with Gasteiger partial charge in [0.1, 0.15) is 0 Å². The normalized spacial score (nSPS) is 19.8. The Morgan fingerprint density at radius 1 is 1.00 bits per heavy atom. The molecule has 1 aromatic rings. The molecule has 0 saturated heterocycles. The molecule has 0 N–H and O–H groups in total. The summed E-state index contributed by atoms with van der Waals surface area (Å²) < 4.78 is 6.27. The standard InChI is InChI=1S/C25H40OSi2/c1-27(2)25(21-15-11-16-22-25)20-14-8-6-5-7-9-17-23-26-28(3,4)24-18-12-10-13-19-24/h6,8,10-13,15-16,18-19,21,27H,5,7,9,14,17,20,22-23H2,1-4H3/b8-6-. The van der Waals surface area contributed by atoms with E-state index in [-0.39, 0.29) is 0 Å². The summed E-state index contributed by atoms with van der Waals surface area (Å²) in [5.74, 6) is 0. The first-order valence-corrected chi connectivity index (χ1v) is 16.9. The zero-order valence-electron chi connectivity index (χ0n) is 18.5. The second-order valence-electron chi connectivity index (χ2n) is 8.96. The Bertz CT molecular complexity index is 646. The number of allylic oxidation sites excluding steroid dienone is 6. The molecule has 1 nitrogen and oxygen atoms in total. The molecule has 0 aliphatic heterocycles. The highest BCUT2D eigenvalue weighted by Gasteiger charge is 2.30. The Labute approximate surface area is 176 Å². The quantitative estimate of drug-likeness (QED) is 0.209. The molecule has 1 aromatic carbocycles. The molecule has 0 heterocycles. The Hall–Kier alpha value is -1.17. The van der Waals surface area contributed by atoms with E-state index in [9.17, 15) is 0 Å². The van der Waals surface area contributed by atoms with Crippen LogP contribution in [0.3, 0.4) is 0 Å². The Balaban J connectivity index is 1.56. The van der Waals surface area contributed by atoms with Crippen molar-refractivity contribution in [2.24, 2.45) is 0 Å². The number of unbranched alkanes of at least 4 members (excludes halogenated alkanes) is 3. The van der Waals surface area contributed by atoms with Crippen molar-refractivity contribution in [2.45, 2.75) is 76.2 Å². The molecule has 0 fully saturated rings. The molecule has 0 spiro atoms. The molecule has 0 radical (unpaired) electrons. The SMILES string of the molecule is C[SiH](C)C1(CC/C=C\CCCCCO[Si](C)(C)c2ccccc2)C=CC=CC1. The predicted octanol–water partition coefficient (Wildman–Crippen LogP) is 6.76. The maximum atomic E-state index is 6.27. The first kappa shape index (κ1) is 23.1. The molecule has 2 rings (SSSR count). The maximum absolute atomic E-state index is 6.27. The molecule has 1 aliphatic carbocycles. The van der Waals surface area contributed by atoms with Gasteiger partial charge in [0, 0.05) is 15.4 Å². The van der Waals surface area contributed by atoms with Gasteiger partial charge in [0.15, 0.2) is 0 Å². The molecule has 0 amide bonds. The van der Waals surface area contributed by atoms with Gasteiger partial charge in [-0.25, -0.2) is 0 Å². The summed E-state index contributed by atoms with van der Waals surface area (Å²) in [6.07, 6.45) is 22.9. The minimum atomic E-state index is -1.72. The van der Waals surface area contributed by atoms with Crippen LogP contribution in [0.1, 0.15) is 44.9 Å². The van der Waals surface area contributed by atoms with Crippen molar-refractivity contribution in [3.63, 3.8) is 0 Å². The van der Waals surface area contributed by atoms with E-state index >= 15 is 0 Å². The van der Waals surface area contributed by atoms with E-state index in [0.29, 0.717) is 5.04 Å². The third-order valence-electron chi connectivity index (χ3n) is 6.21.